The maximum absolute atomic E-state index is 11.9. The summed E-state index contributed by atoms with van der Waals surface area (Å²) in [6, 6.07) is 6.69. The summed E-state index contributed by atoms with van der Waals surface area (Å²) in [4.78, 5) is 0. The van der Waals surface area contributed by atoms with Gasteiger partial charge in [0.05, 0.1) is 0 Å². The molecule has 1 aromatic carbocycles. The van der Waals surface area contributed by atoms with E-state index in [-0.39, 0.29) is 5.75 Å². The quantitative estimate of drug-likeness (QED) is 0.667. The summed E-state index contributed by atoms with van der Waals surface area (Å²) in [7, 11) is 0. The topological polar surface area (TPSA) is 33.3 Å². The Kier molecular flexibility index (Phi) is 7.29. The van der Waals surface area contributed by atoms with Gasteiger partial charge < -0.3 is 15.4 Å². The molecule has 5 heteroatoms. The average molecular weight is 258 g/mol. The highest BCUT2D eigenvalue weighted by atomic mass is 19.3. The number of halogens is 2. The van der Waals surface area contributed by atoms with E-state index in [0.717, 1.165) is 38.2 Å². The highest BCUT2D eigenvalue weighted by Gasteiger charge is 2.03. The van der Waals surface area contributed by atoms with Crippen molar-refractivity contribution in [1.29, 1.82) is 0 Å². The van der Waals surface area contributed by atoms with Gasteiger partial charge in [-0.05, 0) is 43.8 Å². The molecule has 0 bridgehead atoms. The highest BCUT2D eigenvalue weighted by Crippen LogP contribution is 2.14. The van der Waals surface area contributed by atoms with E-state index < -0.39 is 6.61 Å². The van der Waals surface area contributed by atoms with Crippen LogP contribution in [0.3, 0.4) is 0 Å². The van der Waals surface area contributed by atoms with Crippen LogP contribution in [0.25, 0.3) is 0 Å². The second kappa shape index (κ2) is 8.83. The number of ether oxygens (including phenoxy) is 1. The Labute approximate surface area is 107 Å². The van der Waals surface area contributed by atoms with Crippen LogP contribution >= 0.6 is 0 Å². The Morgan fingerprint density at radius 2 is 1.78 bits per heavy atom. The van der Waals surface area contributed by atoms with E-state index in [0.29, 0.717) is 0 Å². The lowest BCUT2D eigenvalue weighted by Gasteiger charge is -2.07. The number of benzene rings is 1. The Hall–Kier alpha value is -1.20. The van der Waals surface area contributed by atoms with Gasteiger partial charge in [-0.15, -0.1) is 0 Å². The fourth-order valence-electron chi connectivity index (χ4n) is 1.54. The average Bonchev–Trinajstić information content (AvgIpc) is 2.35. The van der Waals surface area contributed by atoms with Gasteiger partial charge in [0.15, 0.2) is 0 Å². The molecule has 0 atom stereocenters. The van der Waals surface area contributed by atoms with E-state index in [1.807, 2.05) is 0 Å². The van der Waals surface area contributed by atoms with Crippen molar-refractivity contribution in [2.24, 2.45) is 0 Å². The molecule has 0 amide bonds. The molecule has 0 aliphatic rings. The summed E-state index contributed by atoms with van der Waals surface area (Å²) < 4.78 is 28.1. The van der Waals surface area contributed by atoms with Crippen molar-refractivity contribution >= 4 is 0 Å². The van der Waals surface area contributed by atoms with Crippen molar-refractivity contribution in [1.82, 2.24) is 10.6 Å². The normalized spacial score (nSPS) is 10.9. The van der Waals surface area contributed by atoms with Crippen molar-refractivity contribution in [2.75, 3.05) is 19.6 Å². The van der Waals surface area contributed by atoms with Crippen LogP contribution in [-0.2, 0) is 6.54 Å². The van der Waals surface area contributed by atoms with Gasteiger partial charge in [0.25, 0.3) is 0 Å². The van der Waals surface area contributed by atoms with Crippen molar-refractivity contribution in [3.63, 3.8) is 0 Å². The Morgan fingerprint density at radius 3 is 2.39 bits per heavy atom. The molecule has 0 aromatic heterocycles. The van der Waals surface area contributed by atoms with Crippen LogP contribution in [-0.4, -0.2) is 26.2 Å². The minimum absolute atomic E-state index is 0.195. The van der Waals surface area contributed by atoms with E-state index in [2.05, 4.69) is 22.3 Å². The van der Waals surface area contributed by atoms with Gasteiger partial charge in [-0.2, -0.15) is 8.78 Å². The second-order valence-corrected chi connectivity index (χ2v) is 3.91. The summed E-state index contributed by atoms with van der Waals surface area (Å²) >= 11 is 0. The molecule has 0 saturated carbocycles. The third-order valence-corrected chi connectivity index (χ3v) is 2.43. The molecule has 0 saturated heterocycles. The predicted molar refractivity (Wildman–Crippen MR) is 67.9 cm³/mol. The number of hydrogen-bond donors (Lipinski definition) is 2. The highest BCUT2D eigenvalue weighted by molar-refractivity contribution is 5.27. The van der Waals surface area contributed by atoms with E-state index in [9.17, 15) is 8.78 Å². The molecule has 102 valence electrons. The zero-order valence-corrected chi connectivity index (χ0v) is 10.6. The SMILES string of the molecule is CCNCCCNCc1ccc(OC(F)F)cc1. The zero-order valence-electron chi connectivity index (χ0n) is 10.6. The molecular weight excluding hydrogens is 238 g/mol. The molecule has 0 heterocycles. The molecular formula is C13H20F2N2O. The molecule has 0 radical (unpaired) electrons. The minimum atomic E-state index is -2.76. The molecule has 1 rings (SSSR count). The van der Waals surface area contributed by atoms with Crippen LogP contribution in [0.15, 0.2) is 24.3 Å². The molecule has 1 aromatic rings. The standard InChI is InChI=1S/C13H20F2N2O/c1-2-16-8-3-9-17-10-11-4-6-12(7-5-11)18-13(14)15/h4-7,13,16-17H,2-3,8-10H2,1H3. The van der Waals surface area contributed by atoms with E-state index in [4.69, 9.17) is 0 Å². The maximum Gasteiger partial charge on any atom is 0.387 e. The molecule has 0 fully saturated rings. The van der Waals surface area contributed by atoms with Gasteiger partial charge in [0.2, 0.25) is 0 Å². The van der Waals surface area contributed by atoms with Gasteiger partial charge in [-0.25, -0.2) is 0 Å². The summed E-state index contributed by atoms with van der Waals surface area (Å²) in [5.41, 5.74) is 1.06. The molecule has 0 spiro atoms. The fourth-order valence-corrected chi connectivity index (χ4v) is 1.54. The first kappa shape index (κ1) is 14.9. The molecule has 3 nitrogen and oxygen atoms in total. The molecule has 2 N–H and O–H groups in total. The summed E-state index contributed by atoms with van der Waals surface area (Å²) in [5, 5.41) is 6.54. The minimum Gasteiger partial charge on any atom is -0.435 e. The second-order valence-electron chi connectivity index (χ2n) is 3.91. The zero-order chi connectivity index (χ0) is 13.2. The Bertz CT molecular complexity index is 317. The smallest absolute Gasteiger partial charge is 0.387 e. The first-order valence-corrected chi connectivity index (χ1v) is 6.17. The van der Waals surface area contributed by atoms with Crippen LogP contribution in [0.1, 0.15) is 18.9 Å². The van der Waals surface area contributed by atoms with Crippen molar-refractivity contribution in [2.45, 2.75) is 26.5 Å². The summed E-state index contributed by atoms with van der Waals surface area (Å²) in [6.07, 6.45) is 1.07. The number of hydrogen-bond acceptors (Lipinski definition) is 3. The summed E-state index contributed by atoms with van der Waals surface area (Å²) in [5.74, 6) is 0.195. The van der Waals surface area contributed by atoms with Gasteiger partial charge in [0, 0.05) is 6.54 Å². The Balaban J connectivity index is 2.18. The molecule has 18 heavy (non-hydrogen) atoms. The number of alkyl halides is 2. The largest absolute Gasteiger partial charge is 0.435 e. The lowest BCUT2D eigenvalue weighted by Crippen LogP contribution is -2.21. The first-order chi connectivity index (χ1) is 8.72. The number of rotatable bonds is 9. The lowest BCUT2D eigenvalue weighted by molar-refractivity contribution is -0.0498. The van der Waals surface area contributed by atoms with Crippen molar-refractivity contribution in [3.05, 3.63) is 29.8 Å². The third-order valence-electron chi connectivity index (χ3n) is 2.43. The monoisotopic (exact) mass is 258 g/mol. The lowest BCUT2D eigenvalue weighted by atomic mass is 10.2. The van der Waals surface area contributed by atoms with E-state index in [1.54, 1.807) is 24.3 Å². The van der Waals surface area contributed by atoms with Crippen LogP contribution in [0.5, 0.6) is 5.75 Å². The van der Waals surface area contributed by atoms with Crippen molar-refractivity contribution in [3.8, 4) is 5.75 Å². The van der Waals surface area contributed by atoms with E-state index >= 15 is 0 Å². The van der Waals surface area contributed by atoms with Crippen LogP contribution < -0.4 is 15.4 Å². The van der Waals surface area contributed by atoms with Gasteiger partial charge in [-0.3, -0.25) is 0 Å². The molecule has 0 aliphatic heterocycles. The van der Waals surface area contributed by atoms with Gasteiger partial charge in [-0.1, -0.05) is 19.1 Å². The summed E-state index contributed by atoms with van der Waals surface area (Å²) in [6.45, 7) is 2.98. The Morgan fingerprint density at radius 1 is 1.11 bits per heavy atom. The molecule has 0 unspecified atom stereocenters. The van der Waals surface area contributed by atoms with Crippen LogP contribution in [0.4, 0.5) is 8.78 Å². The van der Waals surface area contributed by atoms with Gasteiger partial charge >= 0.3 is 6.61 Å². The fraction of sp³-hybridized carbons (Fsp3) is 0.538. The number of nitrogens with one attached hydrogen (secondary N) is 2. The van der Waals surface area contributed by atoms with Crippen LogP contribution in [0.2, 0.25) is 0 Å². The van der Waals surface area contributed by atoms with E-state index in [1.165, 1.54) is 0 Å². The first-order valence-electron chi connectivity index (χ1n) is 6.17. The predicted octanol–water partition coefficient (Wildman–Crippen LogP) is 2.38. The van der Waals surface area contributed by atoms with Crippen molar-refractivity contribution < 1.29 is 13.5 Å². The van der Waals surface area contributed by atoms with Crippen LogP contribution in [0, 0.1) is 0 Å². The van der Waals surface area contributed by atoms with Gasteiger partial charge in [0.1, 0.15) is 5.75 Å². The molecule has 0 aliphatic carbocycles. The maximum atomic E-state index is 11.9. The third kappa shape index (κ3) is 6.51.